The molecule has 3 rings (SSSR count). The second-order valence-corrected chi connectivity index (χ2v) is 6.49. The molecule has 0 bridgehead atoms. The molecule has 5 nitrogen and oxygen atoms in total. The Hall–Kier alpha value is -2.45. The third kappa shape index (κ3) is 4.80. The molecule has 26 heavy (non-hydrogen) atoms. The molecule has 0 aliphatic rings. The van der Waals surface area contributed by atoms with Crippen molar-refractivity contribution in [2.24, 2.45) is 0 Å². The van der Waals surface area contributed by atoms with Gasteiger partial charge in [0.05, 0.1) is 5.75 Å². The lowest BCUT2D eigenvalue weighted by molar-refractivity contribution is -0.142. The van der Waals surface area contributed by atoms with Crippen LogP contribution in [-0.4, -0.2) is 21.9 Å². The number of aromatic nitrogens is 2. The van der Waals surface area contributed by atoms with Crippen LogP contribution in [0.5, 0.6) is 0 Å². The minimum atomic E-state index is -0.620. The molecule has 9 heteroatoms. The smallest absolute Gasteiger partial charge is 0.316 e. The molecule has 1 heterocycles. The molecule has 0 aliphatic carbocycles. The Morgan fingerprint density at radius 2 is 1.92 bits per heavy atom. The number of esters is 1. The van der Waals surface area contributed by atoms with Crippen LogP contribution in [0.3, 0.4) is 0 Å². The van der Waals surface area contributed by atoms with Crippen LogP contribution in [0, 0.1) is 11.6 Å². The lowest BCUT2D eigenvalue weighted by atomic mass is 10.2. The fourth-order valence-corrected chi connectivity index (χ4v) is 2.81. The normalized spacial score (nSPS) is 10.7. The molecule has 134 valence electrons. The Labute approximate surface area is 156 Å². The Kier molecular flexibility index (Phi) is 5.85. The van der Waals surface area contributed by atoms with Gasteiger partial charge >= 0.3 is 5.97 Å². The topological polar surface area (TPSA) is 65.2 Å². The number of hydrogen-bond donors (Lipinski definition) is 0. The highest BCUT2D eigenvalue weighted by Crippen LogP contribution is 2.23. The van der Waals surface area contributed by atoms with Gasteiger partial charge in [0.15, 0.2) is 6.61 Å². The molecule has 0 amide bonds. The third-order valence-corrected chi connectivity index (χ3v) is 4.41. The zero-order valence-electron chi connectivity index (χ0n) is 13.1. The number of nitrogens with zero attached hydrogens (tertiary/aromatic N) is 2. The molecule has 0 saturated heterocycles. The van der Waals surface area contributed by atoms with Crippen molar-refractivity contribution in [2.75, 3.05) is 5.75 Å². The zero-order valence-corrected chi connectivity index (χ0v) is 14.7. The number of thioether (sulfide) groups is 1. The predicted molar refractivity (Wildman–Crippen MR) is 91.6 cm³/mol. The van der Waals surface area contributed by atoms with Gasteiger partial charge in [-0.3, -0.25) is 4.79 Å². The number of benzene rings is 2. The summed E-state index contributed by atoms with van der Waals surface area (Å²) in [7, 11) is 0. The Morgan fingerprint density at radius 3 is 2.69 bits per heavy atom. The van der Waals surface area contributed by atoms with Gasteiger partial charge < -0.3 is 9.15 Å². The molecule has 0 aliphatic heterocycles. The Balaban J connectivity index is 1.52. The van der Waals surface area contributed by atoms with E-state index in [-0.39, 0.29) is 29.0 Å². The fraction of sp³-hybridized carbons (Fsp3) is 0.118. The molecule has 0 N–H and O–H groups in total. The number of carbonyl (C=O) groups is 1. The molecule has 0 atom stereocenters. The predicted octanol–water partition coefficient (Wildman–Crippen LogP) is 4.50. The largest absolute Gasteiger partial charge is 0.455 e. The molecular formula is C17H11ClF2N2O3S. The van der Waals surface area contributed by atoms with Crippen molar-refractivity contribution in [3.8, 4) is 11.5 Å². The average Bonchev–Trinajstić information content (AvgIpc) is 3.10. The summed E-state index contributed by atoms with van der Waals surface area (Å²) in [6.45, 7) is -0.217. The SMILES string of the molecule is O=C(CSc1cc(F)ccc1F)OCc1nnc(-c2ccc(Cl)cc2)o1. The van der Waals surface area contributed by atoms with Crippen molar-refractivity contribution in [3.05, 3.63) is 65.0 Å². The maximum atomic E-state index is 13.5. The maximum absolute atomic E-state index is 13.5. The summed E-state index contributed by atoms with van der Waals surface area (Å²) >= 11 is 6.65. The quantitative estimate of drug-likeness (QED) is 0.451. The van der Waals surface area contributed by atoms with E-state index in [0.717, 1.165) is 30.0 Å². The monoisotopic (exact) mass is 396 g/mol. The van der Waals surface area contributed by atoms with Gasteiger partial charge in [0, 0.05) is 15.5 Å². The van der Waals surface area contributed by atoms with Crippen LogP contribution < -0.4 is 0 Å². The Bertz CT molecular complexity index is 919. The minimum Gasteiger partial charge on any atom is -0.455 e. The first kappa shape index (κ1) is 18.3. The van der Waals surface area contributed by atoms with Gasteiger partial charge in [-0.25, -0.2) is 8.78 Å². The summed E-state index contributed by atoms with van der Waals surface area (Å²) in [5.74, 6) is -1.60. The molecule has 0 spiro atoms. The van der Waals surface area contributed by atoms with Gasteiger partial charge in [-0.05, 0) is 42.5 Å². The first-order valence-electron chi connectivity index (χ1n) is 7.33. The van der Waals surface area contributed by atoms with E-state index in [0.29, 0.717) is 10.6 Å². The van der Waals surface area contributed by atoms with Crippen LogP contribution >= 0.6 is 23.4 Å². The van der Waals surface area contributed by atoms with E-state index in [1.165, 1.54) is 0 Å². The molecular weight excluding hydrogens is 386 g/mol. The van der Waals surface area contributed by atoms with Crippen LogP contribution in [0.4, 0.5) is 8.78 Å². The van der Waals surface area contributed by atoms with Crippen LogP contribution in [0.1, 0.15) is 5.89 Å². The van der Waals surface area contributed by atoms with E-state index in [2.05, 4.69) is 10.2 Å². The molecule has 0 fully saturated rings. The minimum absolute atomic E-state index is 0.0322. The number of ether oxygens (including phenoxy) is 1. The van der Waals surface area contributed by atoms with Crippen molar-refractivity contribution >= 4 is 29.3 Å². The standard InChI is InChI=1S/C17H11ClF2N2O3S/c18-11-3-1-10(2-4-11)17-22-21-15(25-17)8-24-16(23)9-26-14-7-12(19)5-6-13(14)20/h1-7H,8-9H2. The lowest BCUT2D eigenvalue weighted by Gasteiger charge is -2.03. The van der Waals surface area contributed by atoms with E-state index < -0.39 is 17.6 Å². The highest BCUT2D eigenvalue weighted by atomic mass is 35.5. The molecule has 3 aromatic rings. The number of carbonyl (C=O) groups excluding carboxylic acids is 1. The van der Waals surface area contributed by atoms with E-state index in [4.69, 9.17) is 20.8 Å². The number of halogens is 3. The third-order valence-electron chi connectivity index (χ3n) is 3.15. The van der Waals surface area contributed by atoms with E-state index in [1.54, 1.807) is 24.3 Å². The van der Waals surface area contributed by atoms with Crippen molar-refractivity contribution in [3.63, 3.8) is 0 Å². The van der Waals surface area contributed by atoms with Crippen LogP contribution in [0.2, 0.25) is 5.02 Å². The Morgan fingerprint density at radius 1 is 1.15 bits per heavy atom. The van der Waals surface area contributed by atoms with Crippen LogP contribution in [-0.2, 0) is 16.1 Å². The zero-order chi connectivity index (χ0) is 18.5. The molecule has 0 unspecified atom stereocenters. The highest BCUT2D eigenvalue weighted by molar-refractivity contribution is 8.00. The van der Waals surface area contributed by atoms with Crippen molar-refractivity contribution in [2.45, 2.75) is 11.5 Å². The summed E-state index contributed by atoms with van der Waals surface area (Å²) in [4.78, 5) is 11.8. The van der Waals surface area contributed by atoms with Gasteiger partial charge in [0.25, 0.3) is 5.89 Å². The summed E-state index contributed by atoms with van der Waals surface area (Å²) in [5, 5.41) is 8.23. The van der Waals surface area contributed by atoms with Crippen LogP contribution in [0.15, 0.2) is 51.8 Å². The van der Waals surface area contributed by atoms with E-state index in [1.807, 2.05) is 0 Å². The second kappa shape index (κ2) is 8.29. The van der Waals surface area contributed by atoms with Gasteiger partial charge in [-0.1, -0.05) is 11.6 Å². The first-order valence-corrected chi connectivity index (χ1v) is 8.69. The maximum Gasteiger partial charge on any atom is 0.316 e. The summed E-state index contributed by atoms with van der Waals surface area (Å²) in [5.41, 5.74) is 0.677. The molecule has 0 saturated carbocycles. The fourth-order valence-electron chi connectivity index (χ4n) is 1.93. The molecule has 2 aromatic carbocycles. The lowest BCUT2D eigenvalue weighted by Crippen LogP contribution is -2.07. The van der Waals surface area contributed by atoms with Crippen molar-refractivity contribution < 1.29 is 22.7 Å². The summed E-state index contributed by atoms with van der Waals surface area (Å²) in [6.07, 6.45) is 0. The van der Waals surface area contributed by atoms with Crippen LogP contribution in [0.25, 0.3) is 11.5 Å². The van der Waals surface area contributed by atoms with Crippen molar-refractivity contribution in [1.82, 2.24) is 10.2 Å². The van der Waals surface area contributed by atoms with E-state index >= 15 is 0 Å². The molecule has 1 aromatic heterocycles. The van der Waals surface area contributed by atoms with E-state index in [9.17, 15) is 13.6 Å². The summed E-state index contributed by atoms with van der Waals surface area (Å²) < 4.78 is 36.9. The highest BCUT2D eigenvalue weighted by Gasteiger charge is 2.13. The average molecular weight is 397 g/mol. The molecule has 0 radical (unpaired) electrons. The first-order chi connectivity index (χ1) is 12.5. The second-order valence-electron chi connectivity index (χ2n) is 5.03. The summed E-state index contributed by atoms with van der Waals surface area (Å²) in [6, 6.07) is 9.83. The van der Waals surface area contributed by atoms with Crippen molar-refractivity contribution in [1.29, 1.82) is 0 Å². The van der Waals surface area contributed by atoms with Gasteiger partial charge in [-0.2, -0.15) is 0 Å². The number of rotatable bonds is 6. The number of hydrogen-bond acceptors (Lipinski definition) is 6. The van der Waals surface area contributed by atoms with Gasteiger partial charge in [-0.15, -0.1) is 22.0 Å². The van der Waals surface area contributed by atoms with Gasteiger partial charge in [0.1, 0.15) is 11.6 Å². The van der Waals surface area contributed by atoms with Gasteiger partial charge in [0.2, 0.25) is 5.89 Å².